The van der Waals surface area contributed by atoms with Gasteiger partial charge in [-0.3, -0.25) is 4.79 Å². The third kappa shape index (κ3) is 2.22. The van der Waals surface area contributed by atoms with Crippen LogP contribution in [0.15, 0.2) is 23.0 Å². The summed E-state index contributed by atoms with van der Waals surface area (Å²) in [6, 6.07) is 4.06. The SMILES string of the molecule is COc1c(O)ccc2c(=O)c3c(O)cc4c(c3n(C)c12)[C@@H](O)[C@H](O)C(C)(C)O4. The first-order valence-electron chi connectivity index (χ1n) is 8.73. The van der Waals surface area contributed by atoms with Crippen molar-refractivity contribution in [3.63, 3.8) is 0 Å². The zero-order valence-electron chi connectivity index (χ0n) is 15.8. The number of hydrogen-bond acceptors (Lipinski definition) is 7. The van der Waals surface area contributed by atoms with Gasteiger partial charge in [0.15, 0.2) is 11.5 Å². The van der Waals surface area contributed by atoms with E-state index in [2.05, 4.69) is 0 Å². The van der Waals surface area contributed by atoms with Crippen LogP contribution in [0.4, 0.5) is 0 Å². The van der Waals surface area contributed by atoms with Gasteiger partial charge in [-0.05, 0) is 26.0 Å². The number of hydrogen-bond donors (Lipinski definition) is 4. The predicted molar refractivity (Wildman–Crippen MR) is 102 cm³/mol. The fourth-order valence-electron chi connectivity index (χ4n) is 4.00. The van der Waals surface area contributed by atoms with E-state index in [1.165, 1.54) is 25.3 Å². The second kappa shape index (κ2) is 5.76. The lowest BCUT2D eigenvalue weighted by Gasteiger charge is -2.40. The van der Waals surface area contributed by atoms with Gasteiger partial charge in [-0.15, -0.1) is 0 Å². The third-order valence-electron chi connectivity index (χ3n) is 5.42. The van der Waals surface area contributed by atoms with Gasteiger partial charge < -0.3 is 34.5 Å². The Kier molecular flexibility index (Phi) is 3.79. The number of aryl methyl sites for hydroxylation is 1. The van der Waals surface area contributed by atoms with Crippen LogP contribution in [0.5, 0.6) is 23.0 Å². The van der Waals surface area contributed by atoms with Crippen molar-refractivity contribution < 1.29 is 29.9 Å². The molecule has 0 unspecified atom stereocenters. The molecule has 1 aromatic heterocycles. The molecule has 0 bridgehead atoms. The molecule has 1 aliphatic heterocycles. The fourth-order valence-corrected chi connectivity index (χ4v) is 4.00. The van der Waals surface area contributed by atoms with Crippen LogP contribution < -0.4 is 14.9 Å². The smallest absolute Gasteiger partial charge is 0.201 e. The van der Waals surface area contributed by atoms with Crippen LogP contribution in [-0.2, 0) is 7.05 Å². The van der Waals surface area contributed by atoms with Gasteiger partial charge in [-0.25, -0.2) is 0 Å². The lowest BCUT2D eigenvalue weighted by atomic mass is 9.86. The molecule has 0 saturated carbocycles. The Hall–Kier alpha value is -2.97. The maximum Gasteiger partial charge on any atom is 0.201 e. The van der Waals surface area contributed by atoms with Crippen molar-refractivity contribution in [2.75, 3.05) is 7.11 Å². The van der Waals surface area contributed by atoms with Gasteiger partial charge in [0.1, 0.15) is 29.3 Å². The molecule has 148 valence electrons. The van der Waals surface area contributed by atoms with Gasteiger partial charge in [0.25, 0.3) is 0 Å². The van der Waals surface area contributed by atoms with Gasteiger partial charge in [-0.2, -0.15) is 0 Å². The Labute approximate surface area is 159 Å². The molecule has 0 amide bonds. The number of phenolic OH excluding ortho intramolecular Hbond substituents is 2. The van der Waals surface area contributed by atoms with Crippen molar-refractivity contribution in [1.29, 1.82) is 0 Å². The Balaban J connectivity index is 2.27. The Morgan fingerprint density at radius 3 is 2.46 bits per heavy atom. The average molecular weight is 387 g/mol. The molecule has 1 aliphatic rings. The number of ether oxygens (including phenoxy) is 2. The van der Waals surface area contributed by atoms with E-state index >= 15 is 0 Å². The van der Waals surface area contributed by atoms with Gasteiger partial charge in [0.2, 0.25) is 5.43 Å². The molecule has 8 heteroatoms. The number of pyridine rings is 1. The van der Waals surface area contributed by atoms with Crippen molar-refractivity contribution in [1.82, 2.24) is 4.57 Å². The largest absolute Gasteiger partial charge is 0.507 e. The molecule has 0 fully saturated rings. The van der Waals surface area contributed by atoms with E-state index in [1.54, 1.807) is 25.5 Å². The molecule has 2 atom stereocenters. The molecule has 28 heavy (non-hydrogen) atoms. The normalized spacial score (nSPS) is 20.8. The number of benzene rings is 2. The van der Waals surface area contributed by atoms with Crippen LogP contribution in [-0.4, -0.2) is 43.8 Å². The second-order valence-corrected chi connectivity index (χ2v) is 7.53. The molecule has 4 N–H and O–H groups in total. The van der Waals surface area contributed by atoms with Crippen molar-refractivity contribution in [2.24, 2.45) is 7.05 Å². The Morgan fingerprint density at radius 1 is 1.14 bits per heavy atom. The summed E-state index contributed by atoms with van der Waals surface area (Å²) < 4.78 is 12.6. The maximum atomic E-state index is 13.1. The van der Waals surface area contributed by atoms with Crippen LogP contribution in [0.1, 0.15) is 25.5 Å². The molecule has 2 heterocycles. The third-order valence-corrected chi connectivity index (χ3v) is 5.42. The summed E-state index contributed by atoms with van der Waals surface area (Å²) in [5.74, 6) is -0.205. The van der Waals surface area contributed by atoms with Crippen LogP contribution >= 0.6 is 0 Å². The molecule has 4 rings (SSSR count). The van der Waals surface area contributed by atoms with E-state index in [-0.39, 0.29) is 44.9 Å². The topological polar surface area (TPSA) is 121 Å². The summed E-state index contributed by atoms with van der Waals surface area (Å²) in [4.78, 5) is 13.1. The van der Waals surface area contributed by atoms with E-state index < -0.39 is 23.2 Å². The Morgan fingerprint density at radius 2 is 1.82 bits per heavy atom. The molecule has 3 aromatic rings. The minimum atomic E-state index is -1.35. The van der Waals surface area contributed by atoms with Gasteiger partial charge in [0, 0.05) is 13.1 Å². The van der Waals surface area contributed by atoms with Gasteiger partial charge >= 0.3 is 0 Å². The number of methoxy groups -OCH3 is 1. The minimum Gasteiger partial charge on any atom is -0.507 e. The second-order valence-electron chi connectivity index (χ2n) is 7.53. The molecule has 0 aliphatic carbocycles. The summed E-state index contributed by atoms with van der Waals surface area (Å²) in [6.45, 7) is 3.23. The van der Waals surface area contributed by atoms with E-state index in [0.717, 1.165) is 0 Å². The van der Waals surface area contributed by atoms with Crippen LogP contribution in [0.2, 0.25) is 0 Å². The molecule has 8 nitrogen and oxygen atoms in total. The zero-order valence-corrected chi connectivity index (χ0v) is 15.8. The van der Waals surface area contributed by atoms with Crippen molar-refractivity contribution in [3.05, 3.63) is 34.0 Å². The summed E-state index contributed by atoms with van der Waals surface area (Å²) in [7, 11) is 2.98. The van der Waals surface area contributed by atoms with E-state index in [0.29, 0.717) is 5.52 Å². The molecule has 0 saturated heterocycles. The van der Waals surface area contributed by atoms with Crippen molar-refractivity contribution >= 4 is 21.8 Å². The van der Waals surface area contributed by atoms with Crippen molar-refractivity contribution in [3.8, 4) is 23.0 Å². The molecule has 0 radical (unpaired) electrons. The first kappa shape index (κ1) is 18.4. The van der Waals surface area contributed by atoms with E-state index in [1.807, 2.05) is 0 Å². The lowest BCUT2D eigenvalue weighted by molar-refractivity contribution is -0.111. The molecule has 0 spiro atoms. The number of fused-ring (bicyclic) bond motifs is 4. The maximum absolute atomic E-state index is 13.1. The molecule has 2 aromatic carbocycles. The first-order chi connectivity index (χ1) is 13.1. The summed E-state index contributed by atoms with van der Waals surface area (Å²) in [6.07, 6.45) is -2.61. The number of aliphatic hydroxyl groups excluding tert-OH is 2. The monoisotopic (exact) mass is 387 g/mol. The van der Waals surface area contributed by atoms with Gasteiger partial charge in [-0.1, -0.05) is 0 Å². The predicted octanol–water partition coefficient (Wildman–Crippen LogP) is 1.68. The standard InChI is InChI=1S/C20H21NO7/c1-20(2)19(26)17(25)13-11(28-20)7-10(23)12-15(13)21(3)14-8(16(12)24)5-6-9(22)18(14)27-4/h5-7,17,19,22-23,25-26H,1-4H3/t17-,19+/m1/s1. The minimum absolute atomic E-state index is 0.0175. The van der Waals surface area contributed by atoms with Crippen LogP contribution in [0, 0.1) is 0 Å². The molecular formula is C20H21NO7. The van der Waals surface area contributed by atoms with Crippen LogP contribution in [0.25, 0.3) is 21.8 Å². The summed E-state index contributed by atoms with van der Waals surface area (Å²) in [5, 5.41) is 42.3. The number of aromatic nitrogens is 1. The molecular weight excluding hydrogens is 366 g/mol. The number of nitrogens with zero attached hydrogens (tertiary/aromatic N) is 1. The number of aromatic hydroxyl groups is 2. The van der Waals surface area contributed by atoms with Crippen LogP contribution in [0.3, 0.4) is 0 Å². The number of phenols is 2. The van der Waals surface area contributed by atoms with E-state index in [9.17, 15) is 25.2 Å². The Bertz CT molecular complexity index is 1200. The van der Waals surface area contributed by atoms with Crippen molar-refractivity contribution in [2.45, 2.75) is 31.7 Å². The highest BCUT2D eigenvalue weighted by Gasteiger charge is 2.44. The van der Waals surface area contributed by atoms with Gasteiger partial charge in [0.05, 0.1) is 34.5 Å². The first-order valence-corrected chi connectivity index (χ1v) is 8.73. The number of aliphatic hydroxyl groups is 2. The highest BCUT2D eigenvalue weighted by atomic mass is 16.5. The van der Waals surface area contributed by atoms with E-state index in [4.69, 9.17) is 9.47 Å². The lowest BCUT2D eigenvalue weighted by Crippen LogP contribution is -2.49. The zero-order chi connectivity index (χ0) is 20.5. The fraction of sp³-hybridized carbons (Fsp3) is 0.350. The highest BCUT2D eigenvalue weighted by Crippen LogP contribution is 2.47. The highest BCUT2D eigenvalue weighted by molar-refractivity contribution is 6.01. The summed E-state index contributed by atoms with van der Waals surface area (Å²) >= 11 is 0. The average Bonchev–Trinajstić information content (AvgIpc) is 2.62. The number of rotatable bonds is 1. The summed E-state index contributed by atoms with van der Waals surface area (Å²) in [5.41, 5.74) is -0.921. The quantitative estimate of drug-likeness (QED) is 0.469.